The van der Waals surface area contributed by atoms with Gasteiger partial charge in [-0.05, 0) is 80.7 Å². The van der Waals surface area contributed by atoms with Crippen LogP contribution < -0.4 is 10.4 Å². The number of imidazole rings is 1. The molecule has 7 aromatic carbocycles. The minimum atomic E-state index is -3.17. The average Bonchev–Trinajstić information content (AvgIpc) is 3.78. The van der Waals surface area contributed by atoms with Gasteiger partial charge in [-0.15, -0.1) is 0 Å². The van der Waals surface area contributed by atoms with Crippen LogP contribution in [0.5, 0.6) is 0 Å². The largest absolute Gasteiger partial charge is 0.299 e. The molecule has 0 N–H and O–H groups in total. The Bertz CT molecular complexity index is 3460. The van der Waals surface area contributed by atoms with Crippen molar-refractivity contribution in [2.24, 2.45) is 5.92 Å². The Hall–Kier alpha value is -7.38. The maximum absolute atomic E-state index is 16.3. The number of fused-ring (bicyclic) bond motifs is 13. The lowest BCUT2D eigenvalue weighted by Crippen LogP contribution is -2.29. The van der Waals surface area contributed by atoms with Crippen LogP contribution in [-0.2, 0) is 5.92 Å². The summed E-state index contributed by atoms with van der Waals surface area (Å²) in [5, 5.41) is 5.88. The highest BCUT2D eigenvalue weighted by atomic mass is 19.3. The van der Waals surface area contributed by atoms with Crippen molar-refractivity contribution < 1.29 is 8.78 Å². The molecule has 1 atom stereocenters. The van der Waals surface area contributed by atoms with Crippen molar-refractivity contribution in [1.82, 2.24) is 24.3 Å². The number of pyridine rings is 1. The van der Waals surface area contributed by atoms with Crippen LogP contribution in [0.1, 0.15) is 24.5 Å². The van der Waals surface area contributed by atoms with E-state index in [9.17, 15) is 0 Å². The van der Waals surface area contributed by atoms with E-state index in [1.165, 1.54) is 16.5 Å². The zero-order chi connectivity index (χ0) is 39.4. The molecule has 0 saturated heterocycles. The van der Waals surface area contributed by atoms with Gasteiger partial charge in [-0.1, -0.05) is 140 Å². The molecular weight excluding hydrogens is 733 g/mol. The van der Waals surface area contributed by atoms with E-state index in [2.05, 4.69) is 65.9 Å². The number of hydrogen-bond acceptors (Lipinski definition) is 4. The summed E-state index contributed by atoms with van der Waals surface area (Å²) in [6.45, 7) is 2.25. The summed E-state index contributed by atoms with van der Waals surface area (Å²) in [6, 6.07) is 49.0. The van der Waals surface area contributed by atoms with Gasteiger partial charge in [0.25, 0.3) is 5.92 Å². The van der Waals surface area contributed by atoms with E-state index in [0.717, 1.165) is 67.0 Å². The van der Waals surface area contributed by atoms with Gasteiger partial charge in [0.2, 0.25) is 0 Å². The number of alkyl halides is 2. The van der Waals surface area contributed by atoms with Crippen LogP contribution in [-0.4, -0.2) is 24.3 Å². The van der Waals surface area contributed by atoms with Gasteiger partial charge in [-0.2, -0.15) is 8.78 Å². The number of halogens is 2. The third-order valence-electron chi connectivity index (χ3n) is 12.0. The zero-order valence-corrected chi connectivity index (χ0v) is 31.9. The smallest absolute Gasteiger partial charge is 0.292 e. The first-order chi connectivity index (χ1) is 28.9. The Balaban J connectivity index is 1.04. The first-order valence-electron chi connectivity index (χ1n) is 19.9. The second-order valence-corrected chi connectivity index (χ2v) is 15.7. The molecular formula is C52H33F2N5. The monoisotopic (exact) mass is 765 g/mol. The van der Waals surface area contributed by atoms with E-state index >= 15 is 8.78 Å². The molecule has 0 radical (unpaired) electrons. The summed E-state index contributed by atoms with van der Waals surface area (Å²) in [6.07, 6.45) is 5.70. The quantitative estimate of drug-likeness (QED) is 0.167. The van der Waals surface area contributed by atoms with E-state index in [1.807, 2.05) is 84.9 Å². The summed E-state index contributed by atoms with van der Waals surface area (Å²) >= 11 is 0. The molecule has 0 aliphatic heterocycles. The molecule has 0 spiro atoms. The van der Waals surface area contributed by atoms with Crippen molar-refractivity contribution in [3.8, 4) is 56.4 Å². The second kappa shape index (κ2) is 12.6. The Morgan fingerprint density at radius 2 is 1.12 bits per heavy atom. The fourth-order valence-electron chi connectivity index (χ4n) is 9.19. The Morgan fingerprint density at radius 3 is 1.83 bits per heavy atom. The van der Waals surface area contributed by atoms with Gasteiger partial charge in [0, 0.05) is 38.6 Å². The molecule has 3 aromatic heterocycles. The van der Waals surface area contributed by atoms with Crippen molar-refractivity contribution in [3.63, 3.8) is 0 Å². The summed E-state index contributed by atoms with van der Waals surface area (Å²) < 4.78 is 34.9. The molecule has 12 rings (SSSR count). The van der Waals surface area contributed by atoms with E-state index < -0.39 is 5.92 Å². The zero-order valence-electron chi connectivity index (χ0n) is 31.9. The maximum atomic E-state index is 16.3. The van der Waals surface area contributed by atoms with Gasteiger partial charge in [0.1, 0.15) is 5.65 Å². The van der Waals surface area contributed by atoms with E-state index in [0.29, 0.717) is 40.1 Å². The minimum Gasteiger partial charge on any atom is -0.292 e. The lowest BCUT2D eigenvalue weighted by atomic mass is 9.93. The minimum absolute atomic E-state index is 0.0130. The average molecular weight is 766 g/mol. The number of hydrogen-bond donors (Lipinski definition) is 0. The molecule has 0 saturated carbocycles. The summed E-state index contributed by atoms with van der Waals surface area (Å²) in [4.78, 5) is 19.8. The number of aromatic nitrogens is 5. The predicted molar refractivity (Wildman–Crippen MR) is 233 cm³/mol. The molecule has 1 unspecified atom stereocenters. The highest BCUT2D eigenvalue weighted by molar-refractivity contribution is 6.14. The first kappa shape index (κ1) is 33.7. The van der Waals surface area contributed by atoms with Crippen molar-refractivity contribution in [1.29, 1.82) is 0 Å². The standard InChI is InChI=1S/C52H33F2N5/c1-30-16-21-37-35(26-30)18-23-39-38-22-17-34(29-46(38)59-45-15-9-8-14-44(45)55-51(59)47(37)39)33-19-24-42-40(27-33)41-28-36(20-25-43(41)52(42,53)54)50-57-48(31-10-4-2-5-11-31)56-49(58-50)32-12-6-3-7-13-32/h2-15,17-30H,16H2,1H3. The van der Waals surface area contributed by atoms with Crippen LogP contribution in [0.25, 0.3) is 107 Å². The molecule has 280 valence electrons. The molecule has 0 amide bonds. The molecule has 5 nitrogen and oxygen atoms in total. The summed E-state index contributed by atoms with van der Waals surface area (Å²) in [5.41, 5.74) is 8.88. The van der Waals surface area contributed by atoms with Crippen LogP contribution in [0.4, 0.5) is 8.78 Å². The Labute approximate surface area is 337 Å². The van der Waals surface area contributed by atoms with E-state index in [-0.39, 0.29) is 11.1 Å². The Morgan fingerprint density at radius 1 is 0.542 bits per heavy atom. The number of benzene rings is 7. The van der Waals surface area contributed by atoms with Crippen molar-refractivity contribution in [2.45, 2.75) is 19.3 Å². The molecule has 10 aromatic rings. The van der Waals surface area contributed by atoms with Crippen molar-refractivity contribution >= 4 is 50.5 Å². The van der Waals surface area contributed by atoms with Crippen molar-refractivity contribution in [2.75, 3.05) is 0 Å². The van der Waals surface area contributed by atoms with Gasteiger partial charge >= 0.3 is 0 Å². The fraction of sp³-hybridized carbons (Fsp3) is 0.0769. The molecule has 0 bridgehead atoms. The lowest BCUT2D eigenvalue weighted by molar-refractivity contribution is 0.0480. The van der Waals surface area contributed by atoms with Crippen LogP contribution in [0.2, 0.25) is 0 Å². The second-order valence-electron chi connectivity index (χ2n) is 15.7. The highest BCUT2D eigenvalue weighted by Gasteiger charge is 2.44. The number of para-hydroxylation sites is 2. The molecule has 2 aliphatic carbocycles. The van der Waals surface area contributed by atoms with Crippen LogP contribution in [0, 0.1) is 5.92 Å². The third-order valence-corrected chi connectivity index (χ3v) is 12.0. The molecule has 59 heavy (non-hydrogen) atoms. The fourth-order valence-corrected chi connectivity index (χ4v) is 9.19. The molecule has 3 heterocycles. The predicted octanol–water partition coefficient (Wildman–Crippen LogP) is 11.4. The topological polar surface area (TPSA) is 56.0 Å². The molecule has 7 heteroatoms. The van der Waals surface area contributed by atoms with Gasteiger partial charge < -0.3 is 0 Å². The molecule has 0 fully saturated rings. The van der Waals surface area contributed by atoms with Gasteiger partial charge in [0.15, 0.2) is 17.5 Å². The lowest BCUT2D eigenvalue weighted by Gasteiger charge is -2.15. The van der Waals surface area contributed by atoms with Gasteiger partial charge in [-0.25, -0.2) is 19.9 Å². The number of nitrogens with zero attached hydrogens (tertiary/aromatic N) is 5. The van der Waals surface area contributed by atoms with E-state index in [4.69, 9.17) is 19.9 Å². The third kappa shape index (κ3) is 5.14. The van der Waals surface area contributed by atoms with Gasteiger partial charge in [0.05, 0.1) is 16.6 Å². The van der Waals surface area contributed by atoms with Crippen LogP contribution >= 0.6 is 0 Å². The normalized spacial score (nSPS) is 15.2. The van der Waals surface area contributed by atoms with Crippen LogP contribution in [0.3, 0.4) is 0 Å². The summed E-state index contributed by atoms with van der Waals surface area (Å²) in [7, 11) is 0. The summed E-state index contributed by atoms with van der Waals surface area (Å²) in [5.74, 6) is -1.25. The molecule has 2 aliphatic rings. The SMILES string of the molecule is CC1C=c2ccc3c4ccc(-c5ccc6c(c5)-c5cc(-c7nc(-c8ccccc8)nc(-c8ccccc8)n7)ccc5C6(F)F)cc4n4c5ccccc5nc4c3c2=CC1. The Kier molecular flexibility index (Phi) is 7.18. The van der Waals surface area contributed by atoms with E-state index in [1.54, 1.807) is 18.2 Å². The maximum Gasteiger partial charge on any atom is 0.299 e. The highest BCUT2D eigenvalue weighted by Crippen LogP contribution is 2.52. The van der Waals surface area contributed by atoms with Gasteiger partial charge in [-0.3, -0.25) is 4.40 Å². The van der Waals surface area contributed by atoms with Crippen molar-refractivity contribution in [3.05, 3.63) is 173 Å². The number of rotatable bonds is 4. The first-order valence-corrected chi connectivity index (χ1v) is 19.9. The van der Waals surface area contributed by atoms with Crippen LogP contribution in [0.15, 0.2) is 152 Å².